The monoisotopic (exact) mass is 423 g/mol. The van der Waals surface area contributed by atoms with Gasteiger partial charge in [0.25, 0.3) is 0 Å². The molecule has 0 aliphatic carbocycles. The molecule has 0 unspecified atom stereocenters. The first kappa shape index (κ1) is 19.7. The van der Waals surface area contributed by atoms with Crippen molar-refractivity contribution in [2.45, 2.75) is 12.5 Å². The lowest BCUT2D eigenvalue weighted by Crippen LogP contribution is -2.32. The Labute approximate surface area is 176 Å². The van der Waals surface area contributed by atoms with Crippen LogP contribution in [0.2, 0.25) is 5.02 Å². The zero-order valence-electron chi connectivity index (χ0n) is 16.0. The molecule has 0 saturated carbocycles. The van der Waals surface area contributed by atoms with Crippen LogP contribution in [0.3, 0.4) is 0 Å². The highest BCUT2D eigenvalue weighted by molar-refractivity contribution is 6.31. The number of nitrogens with zero attached hydrogens (tertiary/aromatic N) is 2. The maximum Gasteiger partial charge on any atom is 0.339 e. The molecule has 2 aromatic heterocycles. The molecule has 152 valence electrons. The predicted molar refractivity (Wildman–Crippen MR) is 115 cm³/mol. The topological polar surface area (TPSA) is 104 Å². The van der Waals surface area contributed by atoms with Gasteiger partial charge in [0, 0.05) is 41.0 Å². The van der Waals surface area contributed by atoms with E-state index in [2.05, 4.69) is 10.3 Å². The number of halogens is 1. The molecule has 0 aliphatic heterocycles. The van der Waals surface area contributed by atoms with Crippen molar-refractivity contribution >= 4 is 51.2 Å². The van der Waals surface area contributed by atoms with E-state index >= 15 is 0 Å². The van der Waals surface area contributed by atoms with Crippen molar-refractivity contribution in [3.63, 3.8) is 0 Å². The highest BCUT2D eigenvalue weighted by Gasteiger charge is 2.24. The van der Waals surface area contributed by atoms with Crippen molar-refractivity contribution < 1.29 is 19.8 Å². The number of pyridine rings is 1. The van der Waals surface area contributed by atoms with E-state index in [0.717, 1.165) is 16.5 Å². The normalized spacial score (nSPS) is 12.2. The largest absolute Gasteiger partial charge is 0.480 e. The molecular weight excluding hydrogens is 406 g/mol. The van der Waals surface area contributed by atoms with Crippen molar-refractivity contribution in [1.29, 1.82) is 0 Å². The van der Waals surface area contributed by atoms with E-state index < -0.39 is 18.0 Å². The number of carbonyl (C=O) groups is 2. The Balaban J connectivity index is 1.73. The van der Waals surface area contributed by atoms with Crippen LogP contribution in [0, 0.1) is 0 Å². The van der Waals surface area contributed by atoms with Crippen LogP contribution in [-0.2, 0) is 18.3 Å². The number of carboxylic acids is 2. The van der Waals surface area contributed by atoms with E-state index in [1.54, 1.807) is 18.2 Å². The van der Waals surface area contributed by atoms with Crippen LogP contribution in [-0.4, -0.2) is 37.7 Å². The first-order chi connectivity index (χ1) is 14.3. The van der Waals surface area contributed by atoms with Crippen molar-refractivity contribution in [1.82, 2.24) is 9.55 Å². The van der Waals surface area contributed by atoms with Gasteiger partial charge in [-0.25, -0.2) is 14.6 Å². The fourth-order valence-electron chi connectivity index (χ4n) is 3.59. The number of anilines is 1. The van der Waals surface area contributed by atoms with Crippen molar-refractivity contribution in [3.05, 3.63) is 70.9 Å². The van der Waals surface area contributed by atoms with E-state index in [4.69, 9.17) is 11.6 Å². The summed E-state index contributed by atoms with van der Waals surface area (Å²) in [5.74, 6) is -2.30. The SMILES string of the molecule is Cn1cc(C[C@@H](Nc2nc3ccc(Cl)cc3cc2C(=O)O)C(=O)O)c2ccccc21. The lowest BCUT2D eigenvalue weighted by Gasteiger charge is -2.17. The summed E-state index contributed by atoms with van der Waals surface area (Å²) in [6.45, 7) is 0. The number of aliphatic carboxylic acids is 1. The second-order valence-corrected chi connectivity index (χ2v) is 7.48. The molecule has 0 saturated heterocycles. The van der Waals surface area contributed by atoms with Gasteiger partial charge in [-0.05, 0) is 35.9 Å². The average molecular weight is 424 g/mol. The molecule has 4 aromatic rings. The standard InChI is InChI=1S/C22H18ClN3O4/c1-26-11-13(15-4-2-3-5-19(15)26)10-18(22(29)30)25-20-16(21(27)28)9-12-8-14(23)6-7-17(12)24-20/h2-9,11,18H,10H2,1H3,(H,24,25)(H,27,28)(H,29,30)/t18-/m1/s1. The van der Waals surface area contributed by atoms with E-state index in [-0.39, 0.29) is 17.8 Å². The van der Waals surface area contributed by atoms with Gasteiger partial charge in [-0.1, -0.05) is 29.8 Å². The lowest BCUT2D eigenvalue weighted by molar-refractivity contribution is -0.137. The number of aromatic carboxylic acids is 1. The van der Waals surface area contributed by atoms with Crippen LogP contribution in [0.15, 0.2) is 54.7 Å². The van der Waals surface area contributed by atoms with Crippen LogP contribution in [0.4, 0.5) is 5.82 Å². The van der Waals surface area contributed by atoms with Crippen molar-refractivity contribution in [2.24, 2.45) is 7.05 Å². The highest BCUT2D eigenvalue weighted by Crippen LogP contribution is 2.26. The Kier molecular flexibility index (Phi) is 5.05. The molecule has 7 nitrogen and oxygen atoms in total. The molecule has 0 radical (unpaired) electrons. The Morgan fingerprint density at radius 3 is 2.67 bits per heavy atom. The molecule has 0 fully saturated rings. The molecule has 1 atom stereocenters. The minimum atomic E-state index is -1.21. The van der Waals surface area contributed by atoms with Gasteiger partial charge in [-0.15, -0.1) is 0 Å². The Bertz CT molecular complexity index is 1300. The van der Waals surface area contributed by atoms with Gasteiger partial charge in [-0.3, -0.25) is 0 Å². The number of rotatable bonds is 6. The number of benzene rings is 2. The molecule has 3 N–H and O–H groups in total. The van der Waals surface area contributed by atoms with Gasteiger partial charge in [0.15, 0.2) is 0 Å². The third kappa shape index (κ3) is 3.67. The summed E-state index contributed by atoms with van der Waals surface area (Å²) in [7, 11) is 1.90. The Morgan fingerprint density at radius 1 is 1.17 bits per heavy atom. The quantitative estimate of drug-likeness (QED) is 0.429. The lowest BCUT2D eigenvalue weighted by atomic mass is 10.0. The summed E-state index contributed by atoms with van der Waals surface area (Å²) in [6, 6.07) is 13.0. The van der Waals surface area contributed by atoms with Crippen LogP contribution < -0.4 is 5.32 Å². The number of aryl methyl sites for hydroxylation is 1. The molecule has 2 aromatic carbocycles. The summed E-state index contributed by atoms with van der Waals surface area (Å²) in [4.78, 5) is 28.1. The maximum atomic E-state index is 12.0. The van der Waals surface area contributed by atoms with Gasteiger partial charge >= 0.3 is 11.9 Å². The fraction of sp³-hybridized carbons (Fsp3) is 0.136. The minimum absolute atomic E-state index is 0.00459. The van der Waals surface area contributed by atoms with Gasteiger partial charge < -0.3 is 20.1 Å². The molecule has 4 rings (SSSR count). The number of aromatic nitrogens is 2. The van der Waals surface area contributed by atoms with E-state index in [9.17, 15) is 19.8 Å². The van der Waals surface area contributed by atoms with E-state index in [1.165, 1.54) is 6.07 Å². The van der Waals surface area contributed by atoms with E-state index in [1.807, 2.05) is 42.1 Å². The summed E-state index contributed by atoms with van der Waals surface area (Å²) in [6.07, 6.45) is 2.05. The second kappa shape index (κ2) is 7.68. The number of carboxylic acid groups (broad SMARTS) is 2. The Morgan fingerprint density at radius 2 is 1.93 bits per heavy atom. The smallest absolute Gasteiger partial charge is 0.339 e. The summed E-state index contributed by atoms with van der Waals surface area (Å²) < 4.78 is 1.93. The van der Waals surface area contributed by atoms with Gasteiger partial charge in [0.05, 0.1) is 5.52 Å². The molecule has 0 bridgehead atoms. The van der Waals surface area contributed by atoms with E-state index in [0.29, 0.717) is 15.9 Å². The van der Waals surface area contributed by atoms with Gasteiger partial charge in [0.2, 0.25) is 0 Å². The third-order valence-electron chi connectivity index (χ3n) is 5.02. The molecular formula is C22H18ClN3O4. The number of nitrogens with one attached hydrogen (secondary N) is 1. The van der Waals surface area contributed by atoms with Crippen molar-refractivity contribution in [3.8, 4) is 0 Å². The number of fused-ring (bicyclic) bond motifs is 2. The molecule has 2 heterocycles. The first-order valence-electron chi connectivity index (χ1n) is 9.19. The third-order valence-corrected chi connectivity index (χ3v) is 5.25. The predicted octanol–water partition coefficient (Wildman–Crippen LogP) is 4.19. The zero-order valence-corrected chi connectivity index (χ0v) is 16.7. The molecule has 0 amide bonds. The fourth-order valence-corrected chi connectivity index (χ4v) is 3.77. The van der Waals surface area contributed by atoms with Crippen LogP contribution in [0.5, 0.6) is 0 Å². The number of para-hydroxylation sites is 1. The first-order valence-corrected chi connectivity index (χ1v) is 9.57. The number of hydrogen-bond acceptors (Lipinski definition) is 4. The minimum Gasteiger partial charge on any atom is -0.480 e. The van der Waals surface area contributed by atoms with Crippen LogP contribution >= 0.6 is 11.6 Å². The summed E-state index contributed by atoms with van der Waals surface area (Å²) in [5, 5.41) is 24.2. The zero-order chi connectivity index (χ0) is 21.4. The van der Waals surface area contributed by atoms with Crippen molar-refractivity contribution in [2.75, 3.05) is 5.32 Å². The summed E-state index contributed by atoms with van der Waals surface area (Å²) >= 11 is 5.99. The molecule has 0 aliphatic rings. The molecule has 8 heteroatoms. The maximum absolute atomic E-state index is 12.0. The highest BCUT2D eigenvalue weighted by atomic mass is 35.5. The average Bonchev–Trinajstić information content (AvgIpc) is 3.02. The van der Waals surface area contributed by atoms with Crippen LogP contribution in [0.1, 0.15) is 15.9 Å². The second-order valence-electron chi connectivity index (χ2n) is 7.05. The van der Waals surface area contributed by atoms with Gasteiger partial charge in [-0.2, -0.15) is 0 Å². The Hall–Kier alpha value is -3.58. The molecule has 30 heavy (non-hydrogen) atoms. The van der Waals surface area contributed by atoms with Gasteiger partial charge in [0.1, 0.15) is 17.4 Å². The number of hydrogen-bond donors (Lipinski definition) is 3. The van der Waals surface area contributed by atoms with Crippen LogP contribution in [0.25, 0.3) is 21.8 Å². The molecule has 0 spiro atoms. The summed E-state index contributed by atoms with van der Waals surface area (Å²) in [5.41, 5.74) is 2.23.